The fraction of sp³-hybridized carbons (Fsp3) is 0.368. The Morgan fingerprint density at radius 2 is 2.04 bits per heavy atom. The van der Waals surface area contributed by atoms with Crippen LogP contribution in [0.25, 0.3) is 11.4 Å². The van der Waals surface area contributed by atoms with Crippen LogP contribution in [0.3, 0.4) is 0 Å². The lowest BCUT2D eigenvalue weighted by molar-refractivity contribution is -0.115. The molecule has 0 fully saturated rings. The summed E-state index contributed by atoms with van der Waals surface area (Å²) in [6, 6.07) is 9.55. The summed E-state index contributed by atoms with van der Waals surface area (Å²) < 4.78 is 6.98. The van der Waals surface area contributed by atoms with Crippen LogP contribution < -0.4 is 10.1 Å². The maximum atomic E-state index is 12.6. The molecule has 2 atom stereocenters. The van der Waals surface area contributed by atoms with Gasteiger partial charge in [-0.3, -0.25) is 9.89 Å². The van der Waals surface area contributed by atoms with Gasteiger partial charge in [0.2, 0.25) is 11.1 Å². The summed E-state index contributed by atoms with van der Waals surface area (Å²) in [5, 5.41) is 14.5. The molecule has 3 aromatic rings. The molecular weight excluding hydrogens is 376 g/mol. The van der Waals surface area contributed by atoms with Crippen molar-refractivity contribution in [3.05, 3.63) is 36.5 Å². The summed E-state index contributed by atoms with van der Waals surface area (Å²) in [4.78, 5) is 17.0. The van der Waals surface area contributed by atoms with Gasteiger partial charge < -0.3 is 10.1 Å². The summed E-state index contributed by atoms with van der Waals surface area (Å²) in [5.74, 6) is 2.00. The van der Waals surface area contributed by atoms with Gasteiger partial charge in [0, 0.05) is 11.6 Å². The number of amides is 1. The first-order valence-corrected chi connectivity index (χ1v) is 9.97. The van der Waals surface area contributed by atoms with E-state index in [9.17, 15) is 4.79 Å². The fourth-order valence-corrected chi connectivity index (χ4v) is 3.28. The van der Waals surface area contributed by atoms with Gasteiger partial charge in [-0.1, -0.05) is 18.7 Å². The van der Waals surface area contributed by atoms with Crippen LogP contribution in [-0.4, -0.2) is 43.2 Å². The molecule has 0 aliphatic rings. The highest BCUT2D eigenvalue weighted by molar-refractivity contribution is 8.00. The van der Waals surface area contributed by atoms with Crippen molar-refractivity contribution in [1.82, 2.24) is 25.0 Å². The molecule has 0 saturated carbocycles. The van der Waals surface area contributed by atoms with Crippen molar-refractivity contribution in [2.24, 2.45) is 0 Å². The topological polar surface area (TPSA) is 97.7 Å². The highest BCUT2D eigenvalue weighted by Crippen LogP contribution is 2.25. The van der Waals surface area contributed by atoms with Crippen molar-refractivity contribution in [3.8, 4) is 17.1 Å². The van der Waals surface area contributed by atoms with Crippen LogP contribution in [0.4, 0.5) is 5.82 Å². The second kappa shape index (κ2) is 8.92. The number of rotatable bonds is 8. The van der Waals surface area contributed by atoms with Gasteiger partial charge in [-0.15, -0.1) is 5.10 Å². The zero-order valence-electron chi connectivity index (χ0n) is 16.3. The molecule has 1 aromatic carbocycles. The highest BCUT2D eigenvalue weighted by Gasteiger charge is 2.19. The van der Waals surface area contributed by atoms with Crippen LogP contribution in [0.15, 0.2) is 41.7 Å². The number of ether oxygens (including phenoxy) is 1. The predicted molar refractivity (Wildman–Crippen MR) is 110 cm³/mol. The van der Waals surface area contributed by atoms with E-state index in [0.717, 1.165) is 17.7 Å². The predicted octanol–water partition coefficient (Wildman–Crippen LogP) is 3.77. The standard InChI is InChI=1S/C19H24N6O2S/c1-5-12(2)25-16(10-11-20-25)21-18(26)13(3)28-19-22-17(23-24-19)14-6-8-15(27-4)9-7-14/h6-13H,5H2,1-4H3,(H,21,26)(H,22,23,24)/t12-,13+/m0/s1. The van der Waals surface area contributed by atoms with E-state index < -0.39 is 0 Å². The summed E-state index contributed by atoms with van der Waals surface area (Å²) in [7, 11) is 1.63. The minimum Gasteiger partial charge on any atom is -0.497 e. The Morgan fingerprint density at radius 3 is 2.71 bits per heavy atom. The summed E-state index contributed by atoms with van der Waals surface area (Å²) in [6.45, 7) is 5.97. The normalized spacial score (nSPS) is 13.1. The van der Waals surface area contributed by atoms with E-state index in [-0.39, 0.29) is 17.2 Å². The van der Waals surface area contributed by atoms with Crippen LogP contribution in [-0.2, 0) is 4.79 Å². The van der Waals surface area contributed by atoms with Crippen molar-refractivity contribution >= 4 is 23.5 Å². The summed E-state index contributed by atoms with van der Waals surface area (Å²) in [6.07, 6.45) is 2.62. The summed E-state index contributed by atoms with van der Waals surface area (Å²) >= 11 is 1.30. The smallest absolute Gasteiger partial charge is 0.238 e. The van der Waals surface area contributed by atoms with Crippen LogP contribution in [0, 0.1) is 0 Å². The number of carbonyl (C=O) groups is 1. The van der Waals surface area contributed by atoms with Crippen LogP contribution in [0.1, 0.15) is 33.2 Å². The van der Waals surface area contributed by atoms with E-state index >= 15 is 0 Å². The summed E-state index contributed by atoms with van der Waals surface area (Å²) in [5.41, 5.74) is 0.898. The molecule has 1 amide bonds. The van der Waals surface area contributed by atoms with Gasteiger partial charge in [-0.2, -0.15) is 5.10 Å². The van der Waals surface area contributed by atoms with Gasteiger partial charge in [-0.25, -0.2) is 9.67 Å². The van der Waals surface area contributed by atoms with Crippen LogP contribution in [0.2, 0.25) is 0 Å². The first-order valence-electron chi connectivity index (χ1n) is 9.09. The molecule has 28 heavy (non-hydrogen) atoms. The van der Waals surface area contributed by atoms with Crippen LogP contribution >= 0.6 is 11.8 Å². The molecule has 0 aliphatic heterocycles. The number of aromatic nitrogens is 5. The number of methoxy groups -OCH3 is 1. The molecule has 0 radical (unpaired) electrons. The van der Waals surface area contributed by atoms with Gasteiger partial charge in [0.1, 0.15) is 11.6 Å². The van der Waals surface area contributed by atoms with E-state index in [0.29, 0.717) is 16.8 Å². The number of benzene rings is 1. The SMILES string of the molecule is CC[C@H](C)n1nccc1NC(=O)[C@@H](C)Sc1n[nH]c(-c2ccc(OC)cc2)n1. The average Bonchev–Trinajstić information content (AvgIpc) is 3.37. The number of H-pyrrole nitrogens is 1. The third-order valence-electron chi connectivity index (χ3n) is 4.41. The van der Waals surface area contributed by atoms with Crippen molar-refractivity contribution in [2.75, 3.05) is 12.4 Å². The Balaban J connectivity index is 1.63. The number of aromatic amines is 1. The molecule has 2 N–H and O–H groups in total. The maximum Gasteiger partial charge on any atom is 0.238 e. The van der Waals surface area contributed by atoms with E-state index in [4.69, 9.17) is 4.74 Å². The lowest BCUT2D eigenvalue weighted by atomic mass is 10.2. The molecule has 3 rings (SSSR count). The number of carbonyl (C=O) groups excluding carboxylic acids is 1. The lowest BCUT2D eigenvalue weighted by Crippen LogP contribution is -2.24. The number of anilines is 1. The quantitative estimate of drug-likeness (QED) is 0.559. The van der Waals surface area contributed by atoms with Gasteiger partial charge in [0.15, 0.2) is 5.82 Å². The molecule has 8 nitrogen and oxygen atoms in total. The van der Waals surface area contributed by atoms with E-state index in [1.54, 1.807) is 19.4 Å². The highest BCUT2D eigenvalue weighted by atomic mass is 32.2. The average molecular weight is 401 g/mol. The Kier molecular flexibility index (Phi) is 6.35. The Hall–Kier alpha value is -2.81. The third kappa shape index (κ3) is 4.53. The monoisotopic (exact) mass is 400 g/mol. The number of nitrogens with zero attached hydrogens (tertiary/aromatic N) is 4. The number of hydrogen-bond donors (Lipinski definition) is 2. The largest absolute Gasteiger partial charge is 0.497 e. The molecule has 148 valence electrons. The van der Waals surface area contributed by atoms with Crippen molar-refractivity contribution < 1.29 is 9.53 Å². The molecule has 2 aromatic heterocycles. The molecule has 0 unspecified atom stereocenters. The fourth-order valence-electron chi connectivity index (χ4n) is 2.55. The number of thioether (sulfide) groups is 1. The Labute approximate surface area is 168 Å². The zero-order valence-corrected chi connectivity index (χ0v) is 17.2. The molecule has 0 spiro atoms. The molecule has 2 heterocycles. The molecule has 9 heteroatoms. The first-order chi connectivity index (χ1) is 13.5. The van der Waals surface area contributed by atoms with Crippen LogP contribution in [0.5, 0.6) is 5.75 Å². The van der Waals surface area contributed by atoms with Gasteiger partial charge in [0.05, 0.1) is 24.6 Å². The Morgan fingerprint density at radius 1 is 1.29 bits per heavy atom. The molecular formula is C19H24N6O2S. The number of hydrogen-bond acceptors (Lipinski definition) is 6. The van der Waals surface area contributed by atoms with E-state index in [2.05, 4.69) is 39.4 Å². The van der Waals surface area contributed by atoms with E-state index in [1.807, 2.05) is 35.9 Å². The molecule has 0 saturated heterocycles. The zero-order chi connectivity index (χ0) is 20.1. The third-order valence-corrected chi connectivity index (χ3v) is 5.37. The first kappa shape index (κ1) is 19.9. The van der Waals surface area contributed by atoms with Crippen molar-refractivity contribution in [2.45, 2.75) is 43.6 Å². The van der Waals surface area contributed by atoms with Crippen molar-refractivity contribution in [3.63, 3.8) is 0 Å². The maximum absolute atomic E-state index is 12.6. The second-order valence-corrected chi connectivity index (χ2v) is 7.67. The lowest BCUT2D eigenvalue weighted by Gasteiger charge is -2.15. The van der Waals surface area contributed by atoms with Gasteiger partial charge in [-0.05, 0) is 44.5 Å². The number of nitrogens with one attached hydrogen (secondary N) is 2. The molecule has 0 aliphatic carbocycles. The second-order valence-electron chi connectivity index (χ2n) is 6.36. The van der Waals surface area contributed by atoms with E-state index in [1.165, 1.54) is 11.8 Å². The van der Waals surface area contributed by atoms with Gasteiger partial charge >= 0.3 is 0 Å². The van der Waals surface area contributed by atoms with Crippen molar-refractivity contribution in [1.29, 1.82) is 0 Å². The minimum atomic E-state index is -0.361. The minimum absolute atomic E-state index is 0.120. The molecule has 0 bridgehead atoms. The van der Waals surface area contributed by atoms with Gasteiger partial charge in [0.25, 0.3) is 0 Å². The Bertz CT molecular complexity index is 921.